The number of thioether (sulfide) groups is 1. The molecule has 0 bridgehead atoms. The molecule has 3 aromatic rings. The quantitative estimate of drug-likeness (QED) is 0.228. The van der Waals surface area contributed by atoms with Crippen LogP contribution in [0, 0.1) is 6.92 Å². The molecule has 11 heteroatoms. The molecular formula is C21H24N4O4S3. The summed E-state index contributed by atoms with van der Waals surface area (Å²) in [6, 6.07) is 9.76. The van der Waals surface area contributed by atoms with E-state index in [0.717, 1.165) is 16.0 Å². The van der Waals surface area contributed by atoms with E-state index in [2.05, 4.69) is 20.8 Å². The number of hydrogen-bond donors (Lipinski definition) is 2. The van der Waals surface area contributed by atoms with Gasteiger partial charge in [-0.1, -0.05) is 53.4 Å². The van der Waals surface area contributed by atoms with Crippen LogP contribution in [0.25, 0.3) is 10.4 Å². The molecule has 8 nitrogen and oxygen atoms in total. The molecule has 0 saturated heterocycles. The average Bonchev–Trinajstić information content (AvgIpc) is 3.37. The Morgan fingerprint density at radius 2 is 1.94 bits per heavy atom. The summed E-state index contributed by atoms with van der Waals surface area (Å²) in [6.45, 7) is 5.09. The van der Waals surface area contributed by atoms with Gasteiger partial charge >= 0.3 is 5.97 Å². The van der Waals surface area contributed by atoms with E-state index in [0.29, 0.717) is 33.2 Å². The van der Waals surface area contributed by atoms with Crippen LogP contribution in [0.1, 0.15) is 22.8 Å². The fraction of sp³-hybridized carbons (Fsp3) is 0.333. The lowest BCUT2D eigenvalue weighted by atomic mass is 10.1. The largest absolute Gasteiger partial charge is 0.462 e. The first kappa shape index (κ1) is 24.2. The maximum absolute atomic E-state index is 12.6. The number of nitrogens with one attached hydrogen (secondary N) is 2. The molecule has 2 N–H and O–H groups in total. The Bertz CT molecular complexity index is 1050. The van der Waals surface area contributed by atoms with Crippen LogP contribution in [0.3, 0.4) is 0 Å². The second-order valence-corrected chi connectivity index (χ2v) is 9.70. The van der Waals surface area contributed by atoms with Gasteiger partial charge in [0, 0.05) is 18.5 Å². The van der Waals surface area contributed by atoms with Gasteiger partial charge in [0.1, 0.15) is 5.00 Å². The van der Waals surface area contributed by atoms with Gasteiger partial charge in [-0.3, -0.25) is 4.79 Å². The Labute approximate surface area is 198 Å². The van der Waals surface area contributed by atoms with E-state index in [4.69, 9.17) is 9.47 Å². The van der Waals surface area contributed by atoms with Crippen molar-refractivity contribution in [3.8, 4) is 10.4 Å². The van der Waals surface area contributed by atoms with E-state index >= 15 is 0 Å². The van der Waals surface area contributed by atoms with Gasteiger partial charge in [-0.15, -0.1) is 21.5 Å². The van der Waals surface area contributed by atoms with Crippen molar-refractivity contribution in [3.63, 3.8) is 0 Å². The molecule has 0 unspecified atom stereocenters. The number of nitrogens with zero attached hydrogens (tertiary/aromatic N) is 2. The van der Waals surface area contributed by atoms with E-state index in [1.165, 1.54) is 34.4 Å². The van der Waals surface area contributed by atoms with Crippen molar-refractivity contribution in [2.24, 2.45) is 0 Å². The van der Waals surface area contributed by atoms with Gasteiger partial charge in [0.15, 0.2) is 4.34 Å². The zero-order chi connectivity index (χ0) is 22.9. The van der Waals surface area contributed by atoms with Crippen molar-refractivity contribution in [2.75, 3.05) is 43.3 Å². The molecule has 0 spiro atoms. The van der Waals surface area contributed by atoms with E-state index in [1.807, 2.05) is 37.3 Å². The van der Waals surface area contributed by atoms with E-state index in [1.54, 1.807) is 14.0 Å². The fourth-order valence-electron chi connectivity index (χ4n) is 2.81. The van der Waals surface area contributed by atoms with Gasteiger partial charge in [0.05, 0.1) is 24.5 Å². The number of carbonyl (C=O) groups excluding carboxylic acids is 2. The molecule has 0 fully saturated rings. The molecule has 1 amide bonds. The molecule has 170 valence electrons. The molecule has 3 rings (SSSR count). The number of methoxy groups -OCH3 is 1. The molecule has 0 radical (unpaired) electrons. The van der Waals surface area contributed by atoms with Crippen LogP contribution in [0.5, 0.6) is 0 Å². The number of anilines is 2. The number of ether oxygens (including phenoxy) is 2. The standard InChI is InChI=1S/C21H24N4O4S3/c1-4-29-19(27)16-13(2)17(14-8-6-5-7-9-14)31-18(16)23-15(26)12-30-21-25-24-20(32-21)22-10-11-28-3/h5-9H,4,10-12H2,1-3H3,(H,22,24)(H,23,26). The average molecular weight is 493 g/mol. The molecular weight excluding hydrogens is 468 g/mol. The predicted octanol–water partition coefficient (Wildman–Crippen LogP) is 4.54. The highest BCUT2D eigenvalue weighted by atomic mass is 32.2. The topological polar surface area (TPSA) is 102 Å². The first-order chi connectivity index (χ1) is 15.5. The lowest BCUT2D eigenvalue weighted by molar-refractivity contribution is -0.113. The van der Waals surface area contributed by atoms with Crippen LogP contribution >= 0.6 is 34.4 Å². The Kier molecular flexibility index (Phi) is 9.03. The fourth-order valence-corrected chi connectivity index (χ4v) is 5.60. The van der Waals surface area contributed by atoms with Crippen LogP contribution in [0.4, 0.5) is 10.1 Å². The molecule has 2 heterocycles. The third-order valence-corrected chi connectivity index (χ3v) is 7.50. The van der Waals surface area contributed by atoms with Crippen molar-refractivity contribution >= 4 is 56.4 Å². The minimum atomic E-state index is -0.442. The first-order valence-corrected chi connectivity index (χ1v) is 12.5. The monoisotopic (exact) mass is 492 g/mol. The van der Waals surface area contributed by atoms with Gasteiger partial charge in [0.25, 0.3) is 0 Å². The molecule has 0 aliphatic rings. The van der Waals surface area contributed by atoms with Crippen molar-refractivity contribution in [3.05, 3.63) is 41.5 Å². The van der Waals surface area contributed by atoms with E-state index in [-0.39, 0.29) is 18.3 Å². The number of aromatic nitrogens is 2. The number of hydrogen-bond acceptors (Lipinski definition) is 10. The Hall–Kier alpha value is -2.47. The second-order valence-electron chi connectivity index (χ2n) is 6.48. The SMILES string of the molecule is CCOC(=O)c1c(NC(=O)CSc2nnc(NCCOC)s2)sc(-c2ccccc2)c1C. The summed E-state index contributed by atoms with van der Waals surface area (Å²) in [5, 5.41) is 15.3. The highest BCUT2D eigenvalue weighted by Crippen LogP contribution is 2.40. The lowest BCUT2D eigenvalue weighted by Gasteiger charge is -2.06. The molecule has 0 saturated carbocycles. The third-order valence-electron chi connectivity index (χ3n) is 4.23. The number of thiophene rings is 1. The Morgan fingerprint density at radius 1 is 1.16 bits per heavy atom. The molecule has 32 heavy (non-hydrogen) atoms. The molecule has 1 aromatic carbocycles. The van der Waals surface area contributed by atoms with Crippen molar-refractivity contribution in [2.45, 2.75) is 18.2 Å². The van der Waals surface area contributed by atoms with Crippen LogP contribution in [-0.2, 0) is 14.3 Å². The minimum absolute atomic E-state index is 0.145. The van der Waals surface area contributed by atoms with E-state index < -0.39 is 5.97 Å². The summed E-state index contributed by atoms with van der Waals surface area (Å²) in [7, 11) is 1.63. The smallest absolute Gasteiger partial charge is 0.341 e. The van der Waals surface area contributed by atoms with Crippen LogP contribution in [0.15, 0.2) is 34.7 Å². The van der Waals surface area contributed by atoms with Crippen molar-refractivity contribution in [1.29, 1.82) is 0 Å². The number of rotatable bonds is 11. The number of amides is 1. The molecule has 0 aliphatic carbocycles. The molecule has 2 aromatic heterocycles. The zero-order valence-electron chi connectivity index (χ0n) is 18.0. The van der Waals surface area contributed by atoms with Gasteiger partial charge in [-0.05, 0) is 25.0 Å². The maximum Gasteiger partial charge on any atom is 0.341 e. The van der Waals surface area contributed by atoms with Gasteiger partial charge in [-0.25, -0.2) is 4.79 Å². The Morgan fingerprint density at radius 3 is 2.66 bits per heavy atom. The van der Waals surface area contributed by atoms with Gasteiger partial charge in [0.2, 0.25) is 11.0 Å². The summed E-state index contributed by atoms with van der Waals surface area (Å²) < 4.78 is 10.9. The zero-order valence-corrected chi connectivity index (χ0v) is 20.4. The summed E-state index contributed by atoms with van der Waals surface area (Å²) in [5.41, 5.74) is 2.17. The van der Waals surface area contributed by atoms with Gasteiger partial charge < -0.3 is 20.1 Å². The number of esters is 1. The minimum Gasteiger partial charge on any atom is -0.462 e. The normalized spacial score (nSPS) is 10.7. The molecule has 0 atom stereocenters. The second kappa shape index (κ2) is 12.0. The first-order valence-electron chi connectivity index (χ1n) is 9.88. The highest BCUT2D eigenvalue weighted by molar-refractivity contribution is 8.01. The predicted molar refractivity (Wildman–Crippen MR) is 130 cm³/mol. The summed E-state index contributed by atoms with van der Waals surface area (Å²) in [5.74, 6) is -0.528. The van der Waals surface area contributed by atoms with Crippen LogP contribution < -0.4 is 10.6 Å². The van der Waals surface area contributed by atoms with Crippen molar-refractivity contribution in [1.82, 2.24) is 10.2 Å². The lowest BCUT2D eigenvalue weighted by Crippen LogP contribution is -2.16. The molecule has 0 aliphatic heterocycles. The summed E-state index contributed by atoms with van der Waals surface area (Å²) in [4.78, 5) is 26.2. The summed E-state index contributed by atoms with van der Waals surface area (Å²) in [6.07, 6.45) is 0. The Balaban J connectivity index is 1.70. The van der Waals surface area contributed by atoms with Crippen LogP contribution in [0.2, 0.25) is 0 Å². The number of carbonyl (C=O) groups is 2. The van der Waals surface area contributed by atoms with Crippen molar-refractivity contribution < 1.29 is 19.1 Å². The number of benzene rings is 1. The summed E-state index contributed by atoms with van der Waals surface area (Å²) >= 11 is 4.03. The third kappa shape index (κ3) is 6.28. The van der Waals surface area contributed by atoms with Gasteiger partial charge in [-0.2, -0.15) is 0 Å². The van der Waals surface area contributed by atoms with Crippen LogP contribution in [-0.4, -0.2) is 54.7 Å². The highest BCUT2D eigenvalue weighted by Gasteiger charge is 2.24. The van der Waals surface area contributed by atoms with E-state index in [9.17, 15) is 9.59 Å². The maximum atomic E-state index is 12.6.